The topological polar surface area (TPSA) is 102 Å². The molecule has 2 rings (SSSR count). The van der Waals surface area contributed by atoms with Gasteiger partial charge in [0.25, 0.3) is 5.91 Å². The predicted octanol–water partition coefficient (Wildman–Crippen LogP) is 3.04. The first kappa shape index (κ1) is 22.4. The zero-order chi connectivity index (χ0) is 20.9. The second-order valence-corrected chi connectivity index (χ2v) is 8.98. The van der Waals surface area contributed by atoms with Gasteiger partial charge in [-0.25, -0.2) is 17.9 Å². The molecule has 0 saturated heterocycles. The van der Waals surface area contributed by atoms with Crippen molar-refractivity contribution in [2.24, 2.45) is 0 Å². The van der Waals surface area contributed by atoms with Crippen molar-refractivity contribution in [2.45, 2.75) is 17.9 Å². The first-order valence-electron chi connectivity index (χ1n) is 8.09. The monoisotopic (exact) mass is 488 g/mol. The zero-order valence-electron chi connectivity index (χ0n) is 15.0. The number of halogens is 2. The standard InChI is InChI=1S/C18H18BrClN2O5S/c1-11(12-3-5-13(19)6-4-12)22-17(23)10-27-18(24)15-9-14(7-8-16(15)20)28(25,26)21-2/h3-9,11,21H,10H2,1-2H3,(H,22,23). The summed E-state index contributed by atoms with van der Waals surface area (Å²) in [6.45, 7) is 1.27. The molecule has 0 aliphatic carbocycles. The van der Waals surface area contributed by atoms with Gasteiger partial charge >= 0.3 is 5.97 Å². The fraction of sp³-hybridized carbons (Fsp3) is 0.222. The van der Waals surface area contributed by atoms with E-state index in [0.717, 1.165) is 16.1 Å². The highest BCUT2D eigenvalue weighted by Crippen LogP contribution is 2.21. The third-order valence-corrected chi connectivity index (χ3v) is 6.09. The van der Waals surface area contributed by atoms with E-state index < -0.39 is 28.5 Å². The summed E-state index contributed by atoms with van der Waals surface area (Å²) in [7, 11) is -2.50. The van der Waals surface area contributed by atoms with Crippen LogP contribution in [0.15, 0.2) is 51.8 Å². The Morgan fingerprint density at radius 3 is 2.43 bits per heavy atom. The van der Waals surface area contributed by atoms with Gasteiger partial charge in [0.05, 0.1) is 21.5 Å². The second kappa shape index (κ2) is 9.51. The average Bonchev–Trinajstić information content (AvgIpc) is 2.66. The largest absolute Gasteiger partial charge is 0.452 e. The third-order valence-electron chi connectivity index (χ3n) is 3.82. The number of amides is 1. The molecule has 0 aliphatic heterocycles. The van der Waals surface area contributed by atoms with Gasteiger partial charge in [0.15, 0.2) is 6.61 Å². The predicted molar refractivity (Wildman–Crippen MR) is 109 cm³/mol. The summed E-state index contributed by atoms with van der Waals surface area (Å²) in [6, 6.07) is 10.8. The fourth-order valence-corrected chi connectivity index (χ4v) is 3.49. The number of carbonyl (C=O) groups excluding carboxylic acids is 2. The van der Waals surface area contributed by atoms with Gasteiger partial charge in [-0.2, -0.15) is 0 Å². The SMILES string of the molecule is CNS(=O)(=O)c1ccc(Cl)c(C(=O)OCC(=O)NC(C)c2ccc(Br)cc2)c1. The van der Waals surface area contributed by atoms with Gasteiger partial charge in [-0.3, -0.25) is 4.79 Å². The number of rotatable bonds is 7. The van der Waals surface area contributed by atoms with Crippen LogP contribution in [0.3, 0.4) is 0 Å². The van der Waals surface area contributed by atoms with Gasteiger partial charge in [-0.1, -0.05) is 39.7 Å². The summed E-state index contributed by atoms with van der Waals surface area (Å²) in [5, 5.41) is 2.73. The number of esters is 1. The lowest BCUT2D eigenvalue weighted by atomic mass is 10.1. The van der Waals surface area contributed by atoms with Crippen LogP contribution in [-0.2, 0) is 19.6 Å². The molecule has 7 nitrogen and oxygen atoms in total. The minimum atomic E-state index is -3.75. The van der Waals surface area contributed by atoms with Crippen molar-refractivity contribution in [2.75, 3.05) is 13.7 Å². The number of sulfonamides is 1. The van der Waals surface area contributed by atoms with E-state index in [-0.39, 0.29) is 21.5 Å². The lowest BCUT2D eigenvalue weighted by Crippen LogP contribution is -2.31. The number of hydrogen-bond donors (Lipinski definition) is 2. The Morgan fingerprint density at radius 1 is 1.18 bits per heavy atom. The van der Waals surface area contributed by atoms with Crippen LogP contribution in [0.25, 0.3) is 0 Å². The van der Waals surface area contributed by atoms with E-state index in [1.54, 1.807) is 6.92 Å². The molecule has 1 atom stereocenters. The Labute approximate surface area is 176 Å². The molecule has 150 valence electrons. The molecule has 0 spiro atoms. The van der Waals surface area contributed by atoms with E-state index >= 15 is 0 Å². The lowest BCUT2D eigenvalue weighted by Gasteiger charge is -2.15. The molecule has 2 aromatic carbocycles. The van der Waals surface area contributed by atoms with E-state index in [4.69, 9.17) is 16.3 Å². The van der Waals surface area contributed by atoms with E-state index in [1.165, 1.54) is 19.2 Å². The summed E-state index contributed by atoms with van der Waals surface area (Å²) < 4.78 is 31.7. The van der Waals surface area contributed by atoms with Crippen LogP contribution in [-0.4, -0.2) is 33.9 Å². The van der Waals surface area contributed by atoms with Crippen molar-refractivity contribution < 1.29 is 22.7 Å². The zero-order valence-corrected chi connectivity index (χ0v) is 18.2. The van der Waals surface area contributed by atoms with Gasteiger partial charge in [-0.05, 0) is 49.9 Å². The van der Waals surface area contributed by atoms with Crippen molar-refractivity contribution in [3.05, 3.63) is 63.1 Å². The number of nitrogens with one attached hydrogen (secondary N) is 2. The van der Waals surface area contributed by atoms with Crippen molar-refractivity contribution >= 4 is 49.4 Å². The Bertz CT molecular complexity index is 980. The molecule has 1 unspecified atom stereocenters. The molecule has 0 aliphatic rings. The molecule has 2 N–H and O–H groups in total. The lowest BCUT2D eigenvalue weighted by molar-refractivity contribution is -0.124. The van der Waals surface area contributed by atoms with E-state index in [1.807, 2.05) is 24.3 Å². The molecule has 0 radical (unpaired) electrons. The highest BCUT2D eigenvalue weighted by atomic mass is 79.9. The van der Waals surface area contributed by atoms with Crippen molar-refractivity contribution in [1.29, 1.82) is 0 Å². The molecule has 0 heterocycles. The summed E-state index contributed by atoms with van der Waals surface area (Å²) in [4.78, 5) is 24.1. The molecule has 0 bridgehead atoms. The van der Waals surface area contributed by atoms with Crippen LogP contribution < -0.4 is 10.0 Å². The van der Waals surface area contributed by atoms with Gasteiger partial charge in [-0.15, -0.1) is 0 Å². The molecule has 10 heteroatoms. The smallest absolute Gasteiger partial charge is 0.340 e. The van der Waals surface area contributed by atoms with Gasteiger partial charge in [0.1, 0.15) is 0 Å². The fourth-order valence-electron chi connectivity index (χ4n) is 2.27. The van der Waals surface area contributed by atoms with Gasteiger partial charge in [0, 0.05) is 4.47 Å². The summed E-state index contributed by atoms with van der Waals surface area (Å²) in [5.74, 6) is -1.40. The Hall–Kier alpha value is -1.94. The molecular weight excluding hydrogens is 472 g/mol. The quantitative estimate of drug-likeness (QED) is 0.582. The molecule has 28 heavy (non-hydrogen) atoms. The number of benzene rings is 2. The van der Waals surface area contributed by atoms with Gasteiger partial charge in [0.2, 0.25) is 10.0 Å². The van der Waals surface area contributed by atoms with Crippen LogP contribution in [0, 0.1) is 0 Å². The molecule has 0 fully saturated rings. The summed E-state index contributed by atoms with van der Waals surface area (Å²) >= 11 is 9.30. The molecule has 1 amide bonds. The van der Waals surface area contributed by atoms with Crippen LogP contribution >= 0.6 is 27.5 Å². The van der Waals surface area contributed by atoms with E-state index in [9.17, 15) is 18.0 Å². The van der Waals surface area contributed by atoms with Crippen molar-refractivity contribution in [1.82, 2.24) is 10.0 Å². The maximum atomic E-state index is 12.2. The summed E-state index contributed by atoms with van der Waals surface area (Å²) in [5.41, 5.74) is 0.739. The molecule has 2 aromatic rings. The minimum Gasteiger partial charge on any atom is -0.452 e. The second-order valence-electron chi connectivity index (χ2n) is 5.77. The van der Waals surface area contributed by atoms with Crippen LogP contribution in [0.1, 0.15) is 28.9 Å². The van der Waals surface area contributed by atoms with Crippen molar-refractivity contribution in [3.8, 4) is 0 Å². The number of carbonyl (C=O) groups is 2. The molecule has 0 saturated carbocycles. The normalized spacial score (nSPS) is 12.3. The Morgan fingerprint density at radius 2 is 1.82 bits per heavy atom. The number of ether oxygens (including phenoxy) is 1. The van der Waals surface area contributed by atoms with Crippen LogP contribution in [0.5, 0.6) is 0 Å². The maximum absolute atomic E-state index is 12.2. The maximum Gasteiger partial charge on any atom is 0.340 e. The first-order chi connectivity index (χ1) is 13.1. The average molecular weight is 490 g/mol. The first-order valence-corrected chi connectivity index (χ1v) is 10.7. The van der Waals surface area contributed by atoms with Crippen LogP contribution in [0.2, 0.25) is 5.02 Å². The molecule has 0 aromatic heterocycles. The van der Waals surface area contributed by atoms with E-state index in [2.05, 4.69) is 26.0 Å². The van der Waals surface area contributed by atoms with Crippen LogP contribution in [0.4, 0.5) is 0 Å². The highest BCUT2D eigenvalue weighted by Gasteiger charge is 2.19. The molecular formula is C18H18BrClN2O5S. The van der Waals surface area contributed by atoms with Gasteiger partial charge < -0.3 is 10.1 Å². The Balaban J connectivity index is 2.00. The highest BCUT2D eigenvalue weighted by molar-refractivity contribution is 9.10. The summed E-state index contributed by atoms with van der Waals surface area (Å²) in [6.07, 6.45) is 0. The minimum absolute atomic E-state index is 0.0173. The Kier molecular flexibility index (Phi) is 7.59. The van der Waals surface area contributed by atoms with E-state index in [0.29, 0.717) is 0 Å². The number of hydrogen-bond acceptors (Lipinski definition) is 5. The third kappa shape index (κ3) is 5.78. The van der Waals surface area contributed by atoms with Crippen molar-refractivity contribution in [3.63, 3.8) is 0 Å².